The summed E-state index contributed by atoms with van der Waals surface area (Å²) < 4.78 is 24.9. The summed E-state index contributed by atoms with van der Waals surface area (Å²) in [6, 6.07) is 0. The van der Waals surface area contributed by atoms with Crippen LogP contribution in [0.1, 0.15) is 51.4 Å². The zero-order chi connectivity index (χ0) is 15.8. The van der Waals surface area contributed by atoms with Crippen LogP contribution in [0.25, 0.3) is 0 Å². The highest BCUT2D eigenvalue weighted by molar-refractivity contribution is 7.92. The Bertz CT molecular complexity index is 514. The third kappa shape index (κ3) is 3.18. The summed E-state index contributed by atoms with van der Waals surface area (Å²) in [4.78, 5) is 14.7. The number of nitrogens with zero attached hydrogens (tertiary/aromatic N) is 1. The summed E-state index contributed by atoms with van der Waals surface area (Å²) in [6.45, 7) is 2.02. The Balaban J connectivity index is 1.64. The molecule has 1 saturated heterocycles. The van der Waals surface area contributed by atoms with Gasteiger partial charge in [0.05, 0.1) is 16.4 Å². The molecule has 0 aromatic heterocycles. The molecule has 2 saturated carbocycles. The smallest absolute Gasteiger partial charge is 0.230 e. The fourth-order valence-corrected chi connectivity index (χ4v) is 6.23. The number of nitrogens with two attached hydrogens (primary N) is 1. The number of rotatable bonds is 5. The standard InChI is InChI=1S/C16H28N2O3S/c17-12-16(15(19)18-9-1-2-10-18)7-5-14(6-8-16)22(20,21)11-13-3-4-13/h13-14H,1-12,17H2. The van der Waals surface area contributed by atoms with Crippen molar-refractivity contribution >= 4 is 15.7 Å². The van der Waals surface area contributed by atoms with Gasteiger partial charge in [-0.15, -0.1) is 0 Å². The molecule has 0 radical (unpaired) electrons. The molecule has 1 amide bonds. The topological polar surface area (TPSA) is 80.5 Å². The van der Waals surface area contributed by atoms with Crippen LogP contribution in [-0.4, -0.2) is 49.9 Å². The lowest BCUT2D eigenvalue weighted by Gasteiger charge is -2.40. The van der Waals surface area contributed by atoms with Crippen LogP contribution in [-0.2, 0) is 14.6 Å². The van der Waals surface area contributed by atoms with Crippen LogP contribution in [0.4, 0.5) is 0 Å². The first kappa shape index (κ1) is 16.2. The number of hydrogen-bond donors (Lipinski definition) is 1. The molecule has 0 spiro atoms. The molecule has 6 heteroatoms. The Hall–Kier alpha value is -0.620. The molecule has 0 bridgehead atoms. The van der Waals surface area contributed by atoms with E-state index in [9.17, 15) is 13.2 Å². The van der Waals surface area contributed by atoms with Crippen molar-refractivity contribution in [1.82, 2.24) is 4.90 Å². The summed E-state index contributed by atoms with van der Waals surface area (Å²) in [5, 5.41) is -0.251. The number of hydrogen-bond acceptors (Lipinski definition) is 4. The second kappa shape index (κ2) is 6.11. The van der Waals surface area contributed by atoms with Gasteiger partial charge in [0.25, 0.3) is 0 Å². The fourth-order valence-electron chi connectivity index (χ4n) is 4.01. The van der Waals surface area contributed by atoms with E-state index in [0.717, 1.165) is 38.8 Å². The third-order valence-electron chi connectivity index (χ3n) is 5.80. The number of likely N-dealkylation sites (tertiary alicyclic amines) is 1. The molecule has 5 nitrogen and oxygen atoms in total. The first-order chi connectivity index (χ1) is 10.5. The van der Waals surface area contributed by atoms with E-state index in [-0.39, 0.29) is 11.2 Å². The lowest BCUT2D eigenvalue weighted by molar-refractivity contribution is -0.142. The van der Waals surface area contributed by atoms with Crippen molar-refractivity contribution in [3.63, 3.8) is 0 Å². The van der Waals surface area contributed by atoms with Gasteiger partial charge in [-0.3, -0.25) is 4.79 Å². The maximum atomic E-state index is 12.8. The molecule has 1 heterocycles. The van der Waals surface area contributed by atoms with E-state index in [4.69, 9.17) is 5.73 Å². The number of carbonyl (C=O) groups excluding carboxylic acids is 1. The fraction of sp³-hybridized carbons (Fsp3) is 0.938. The highest BCUT2D eigenvalue weighted by Crippen LogP contribution is 2.41. The lowest BCUT2D eigenvalue weighted by atomic mass is 9.73. The molecule has 2 N–H and O–H groups in total. The Morgan fingerprint density at radius 2 is 1.68 bits per heavy atom. The van der Waals surface area contributed by atoms with Crippen molar-refractivity contribution in [1.29, 1.82) is 0 Å². The minimum absolute atomic E-state index is 0.172. The van der Waals surface area contributed by atoms with E-state index in [1.807, 2.05) is 4.90 Å². The van der Waals surface area contributed by atoms with Crippen molar-refractivity contribution in [2.45, 2.75) is 56.6 Å². The maximum absolute atomic E-state index is 12.8. The number of amides is 1. The van der Waals surface area contributed by atoms with Crippen molar-refractivity contribution in [3.8, 4) is 0 Å². The number of sulfone groups is 1. The van der Waals surface area contributed by atoms with Crippen molar-refractivity contribution in [2.75, 3.05) is 25.4 Å². The molecule has 0 atom stereocenters. The van der Waals surface area contributed by atoms with Gasteiger partial charge in [0.2, 0.25) is 5.91 Å². The SMILES string of the molecule is NCC1(C(=O)N2CCCC2)CCC(S(=O)(=O)CC2CC2)CC1. The van der Waals surface area contributed by atoms with Crippen LogP contribution in [0, 0.1) is 11.3 Å². The normalized spacial score (nSPS) is 33.1. The molecule has 3 fully saturated rings. The van der Waals surface area contributed by atoms with Crippen LogP contribution in [0.3, 0.4) is 0 Å². The van der Waals surface area contributed by atoms with E-state index in [1.54, 1.807) is 0 Å². The van der Waals surface area contributed by atoms with Gasteiger partial charge in [-0.2, -0.15) is 0 Å². The van der Waals surface area contributed by atoms with Gasteiger partial charge >= 0.3 is 0 Å². The van der Waals surface area contributed by atoms with E-state index in [2.05, 4.69) is 0 Å². The van der Waals surface area contributed by atoms with Gasteiger partial charge < -0.3 is 10.6 Å². The van der Waals surface area contributed by atoms with E-state index < -0.39 is 15.3 Å². The first-order valence-corrected chi connectivity index (χ1v) is 10.4. The third-order valence-corrected chi connectivity index (χ3v) is 8.22. The summed E-state index contributed by atoms with van der Waals surface area (Å²) in [6.07, 6.45) is 6.74. The molecule has 0 aromatic rings. The monoisotopic (exact) mass is 328 g/mol. The predicted molar refractivity (Wildman–Crippen MR) is 86.1 cm³/mol. The summed E-state index contributed by atoms with van der Waals surface area (Å²) in [7, 11) is -2.99. The van der Waals surface area contributed by atoms with Gasteiger partial charge in [0, 0.05) is 19.6 Å². The molecular formula is C16H28N2O3S. The molecule has 0 aromatic carbocycles. The van der Waals surface area contributed by atoms with Crippen LogP contribution >= 0.6 is 0 Å². The zero-order valence-electron chi connectivity index (χ0n) is 13.3. The quantitative estimate of drug-likeness (QED) is 0.825. The second-order valence-electron chi connectivity index (χ2n) is 7.46. The molecule has 3 rings (SSSR count). The molecule has 22 heavy (non-hydrogen) atoms. The highest BCUT2D eigenvalue weighted by atomic mass is 32.2. The van der Waals surface area contributed by atoms with Crippen LogP contribution < -0.4 is 5.73 Å². The van der Waals surface area contributed by atoms with Gasteiger partial charge in [-0.1, -0.05) is 0 Å². The second-order valence-corrected chi connectivity index (χ2v) is 9.78. The van der Waals surface area contributed by atoms with Gasteiger partial charge in [0.1, 0.15) is 0 Å². The Labute approximate surface area is 133 Å². The largest absolute Gasteiger partial charge is 0.342 e. The average molecular weight is 328 g/mol. The lowest BCUT2D eigenvalue weighted by Crippen LogP contribution is -2.50. The molecule has 0 unspecified atom stereocenters. The number of carbonyl (C=O) groups is 1. The summed E-state index contributed by atoms with van der Waals surface area (Å²) in [5.74, 6) is 0.927. The summed E-state index contributed by atoms with van der Waals surface area (Å²) in [5.41, 5.74) is 5.45. The van der Waals surface area contributed by atoms with Crippen LogP contribution in [0.15, 0.2) is 0 Å². The van der Waals surface area contributed by atoms with E-state index in [0.29, 0.717) is 43.9 Å². The molecule has 2 aliphatic carbocycles. The zero-order valence-corrected chi connectivity index (χ0v) is 14.1. The Morgan fingerprint density at radius 3 is 2.18 bits per heavy atom. The van der Waals surface area contributed by atoms with E-state index >= 15 is 0 Å². The summed E-state index contributed by atoms with van der Waals surface area (Å²) >= 11 is 0. The Morgan fingerprint density at radius 1 is 1.09 bits per heavy atom. The van der Waals surface area contributed by atoms with Crippen molar-refractivity contribution in [3.05, 3.63) is 0 Å². The maximum Gasteiger partial charge on any atom is 0.230 e. The first-order valence-electron chi connectivity index (χ1n) is 8.68. The van der Waals surface area contributed by atoms with Crippen LogP contribution in [0.5, 0.6) is 0 Å². The predicted octanol–water partition coefficient (Wildman–Crippen LogP) is 1.32. The van der Waals surface area contributed by atoms with Crippen LogP contribution in [0.2, 0.25) is 0 Å². The van der Waals surface area contributed by atoms with Crippen molar-refractivity contribution < 1.29 is 13.2 Å². The van der Waals surface area contributed by atoms with E-state index in [1.165, 1.54) is 0 Å². The minimum atomic E-state index is -2.99. The van der Waals surface area contributed by atoms with Gasteiger partial charge in [-0.05, 0) is 57.3 Å². The minimum Gasteiger partial charge on any atom is -0.342 e. The molecule has 126 valence electrons. The van der Waals surface area contributed by atoms with Crippen molar-refractivity contribution in [2.24, 2.45) is 17.1 Å². The van der Waals surface area contributed by atoms with Gasteiger partial charge in [0.15, 0.2) is 9.84 Å². The molecular weight excluding hydrogens is 300 g/mol. The molecule has 1 aliphatic heterocycles. The molecule has 3 aliphatic rings. The Kier molecular flexibility index (Phi) is 4.52. The highest BCUT2D eigenvalue weighted by Gasteiger charge is 2.46. The average Bonchev–Trinajstić information content (AvgIpc) is 3.15. The van der Waals surface area contributed by atoms with Gasteiger partial charge in [-0.25, -0.2) is 8.42 Å².